The number of anilines is 1. The quantitative estimate of drug-likeness (QED) is 0.669. The van der Waals surface area contributed by atoms with Gasteiger partial charge in [0, 0.05) is 18.0 Å². The Morgan fingerprint density at radius 3 is 2.57 bits per heavy atom. The molecule has 0 amide bonds. The molecular weight excluding hydrogens is 393 g/mol. The number of hydrogen-bond acceptors (Lipinski definition) is 4. The van der Waals surface area contributed by atoms with Crippen molar-refractivity contribution < 1.29 is 22.5 Å². The van der Waals surface area contributed by atoms with E-state index in [-0.39, 0.29) is 22.6 Å². The highest BCUT2D eigenvalue weighted by Crippen LogP contribution is 2.37. The highest BCUT2D eigenvalue weighted by atomic mass is 35.5. The largest absolute Gasteiger partial charge is 0.416 e. The third kappa shape index (κ3) is 4.35. The molecule has 3 rings (SSSR count). The number of nitrogens with zero attached hydrogens (tertiary/aromatic N) is 2. The summed E-state index contributed by atoms with van der Waals surface area (Å²) >= 11 is 6.12. The normalized spacial score (nSPS) is 18.0. The van der Waals surface area contributed by atoms with Gasteiger partial charge in [-0.3, -0.25) is 4.79 Å². The van der Waals surface area contributed by atoms with Crippen molar-refractivity contribution in [2.24, 2.45) is 0 Å². The van der Waals surface area contributed by atoms with Gasteiger partial charge < -0.3 is 9.42 Å². The summed E-state index contributed by atoms with van der Waals surface area (Å²) in [6.45, 7) is 6.57. The first-order valence-corrected chi connectivity index (χ1v) is 9.47. The van der Waals surface area contributed by atoms with Gasteiger partial charge in [0.05, 0.1) is 34.4 Å². The minimum absolute atomic E-state index is 0.00999. The van der Waals surface area contributed by atoms with Crippen LogP contribution in [0.15, 0.2) is 28.8 Å². The van der Waals surface area contributed by atoms with Crippen LogP contribution in [0.3, 0.4) is 0 Å². The zero-order valence-corrected chi connectivity index (χ0v) is 16.7. The van der Waals surface area contributed by atoms with Crippen molar-refractivity contribution in [3.63, 3.8) is 0 Å². The maximum atomic E-state index is 12.9. The number of aromatic nitrogens is 1. The first kappa shape index (κ1) is 20.7. The molecule has 0 bridgehead atoms. The Hall–Kier alpha value is -2.02. The van der Waals surface area contributed by atoms with E-state index in [1.165, 1.54) is 6.07 Å². The molecule has 0 aliphatic carbocycles. The fraction of sp³-hybridized carbons (Fsp3) is 0.500. The molecule has 0 N–H and O–H groups in total. The van der Waals surface area contributed by atoms with E-state index in [0.717, 1.165) is 24.2 Å². The number of benzene rings is 1. The summed E-state index contributed by atoms with van der Waals surface area (Å²) in [4.78, 5) is 14.6. The van der Waals surface area contributed by atoms with E-state index >= 15 is 0 Å². The lowest BCUT2D eigenvalue weighted by Crippen LogP contribution is -2.37. The Balaban J connectivity index is 1.77. The van der Waals surface area contributed by atoms with Crippen LogP contribution in [0, 0.1) is 0 Å². The number of carbonyl (C=O) groups excluding carboxylic acids is 1. The van der Waals surface area contributed by atoms with Crippen LogP contribution < -0.4 is 4.90 Å². The molecular formula is C20H22ClF3N2O2. The monoisotopic (exact) mass is 414 g/mol. The van der Waals surface area contributed by atoms with Crippen LogP contribution in [-0.4, -0.2) is 23.5 Å². The SMILES string of the molecule is CC(C)(C)c1cc(CC(=O)[C@@H]2CCCN2c2ccc(C(F)(F)F)cc2Cl)on1. The van der Waals surface area contributed by atoms with Crippen LogP contribution in [0.2, 0.25) is 5.02 Å². The van der Waals surface area contributed by atoms with Crippen molar-refractivity contribution >= 4 is 23.1 Å². The first-order valence-electron chi connectivity index (χ1n) is 9.09. The van der Waals surface area contributed by atoms with E-state index in [4.69, 9.17) is 16.1 Å². The lowest BCUT2D eigenvalue weighted by Gasteiger charge is -2.27. The standard InChI is InChI=1S/C20H22ClF3N2O2/c1-19(2,3)18-11-13(28-25-18)10-17(27)16-5-4-8-26(16)15-7-6-12(9-14(15)21)20(22,23)24/h6-7,9,11,16H,4-5,8,10H2,1-3H3/t16-/m0/s1. The fourth-order valence-corrected chi connectivity index (χ4v) is 3.63. The third-order valence-corrected chi connectivity index (χ3v) is 5.19. The van der Waals surface area contributed by atoms with Crippen molar-refractivity contribution in [2.45, 2.75) is 57.7 Å². The Morgan fingerprint density at radius 1 is 1.29 bits per heavy atom. The van der Waals surface area contributed by atoms with E-state index in [2.05, 4.69) is 5.16 Å². The van der Waals surface area contributed by atoms with Gasteiger partial charge in [-0.25, -0.2) is 0 Å². The predicted molar refractivity (Wildman–Crippen MR) is 101 cm³/mol. The number of ketones is 1. The number of hydrogen-bond donors (Lipinski definition) is 0. The predicted octanol–water partition coefficient (Wildman–Crippen LogP) is 5.42. The van der Waals surface area contributed by atoms with E-state index in [0.29, 0.717) is 24.4 Å². The third-order valence-electron chi connectivity index (χ3n) is 4.88. The lowest BCUT2D eigenvalue weighted by molar-refractivity contribution is -0.137. The molecule has 1 aromatic carbocycles. The van der Waals surface area contributed by atoms with Gasteiger partial charge >= 0.3 is 6.18 Å². The molecule has 4 nitrogen and oxygen atoms in total. The van der Waals surface area contributed by atoms with Crippen LogP contribution >= 0.6 is 11.6 Å². The molecule has 0 radical (unpaired) electrons. The van der Waals surface area contributed by atoms with Crippen molar-refractivity contribution in [1.82, 2.24) is 5.16 Å². The molecule has 1 atom stereocenters. The minimum Gasteiger partial charge on any atom is -0.361 e. The van der Waals surface area contributed by atoms with E-state index in [1.54, 1.807) is 11.0 Å². The molecule has 1 aromatic heterocycles. The Labute approximate surface area is 166 Å². The number of alkyl halides is 3. The van der Waals surface area contributed by atoms with E-state index in [1.807, 2.05) is 20.8 Å². The molecule has 1 aliphatic rings. The summed E-state index contributed by atoms with van der Waals surface area (Å²) in [5, 5.41) is 4.01. The van der Waals surface area contributed by atoms with Gasteiger partial charge in [0.1, 0.15) is 5.76 Å². The van der Waals surface area contributed by atoms with Crippen LogP contribution in [0.1, 0.15) is 50.6 Å². The van der Waals surface area contributed by atoms with Crippen LogP contribution in [0.4, 0.5) is 18.9 Å². The van der Waals surface area contributed by atoms with Gasteiger partial charge in [-0.05, 0) is 31.0 Å². The average Bonchev–Trinajstić information content (AvgIpc) is 3.22. The molecule has 1 aliphatic heterocycles. The summed E-state index contributed by atoms with van der Waals surface area (Å²) in [7, 11) is 0. The zero-order chi connectivity index (χ0) is 20.7. The van der Waals surface area contributed by atoms with E-state index in [9.17, 15) is 18.0 Å². The first-order chi connectivity index (χ1) is 13.0. The number of Topliss-reactive ketones (excluding diaryl/α,β-unsaturated/α-hetero) is 1. The summed E-state index contributed by atoms with van der Waals surface area (Å²) in [5.41, 5.74) is 0.223. The number of halogens is 4. The molecule has 2 aromatic rings. The van der Waals surface area contributed by atoms with Crippen molar-refractivity contribution in [2.75, 3.05) is 11.4 Å². The highest BCUT2D eigenvalue weighted by molar-refractivity contribution is 6.33. The Bertz CT molecular complexity index is 871. The van der Waals surface area contributed by atoms with Gasteiger partial charge in [-0.2, -0.15) is 13.2 Å². The molecule has 28 heavy (non-hydrogen) atoms. The van der Waals surface area contributed by atoms with Crippen molar-refractivity contribution in [3.05, 3.63) is 46.3 Å². The Morgan fingerprint density at radius 2 is 2.00 bits per heavy atom. The van der Waals surface area contributed by atoms with Gasteiger partial charge in [0.2, 0.25) is 0 Å². The maximum absolute atomic E-state index is 12.9. The van der Waals surface area contributed by atoms with Crippen molar-refractivity contribution in [3.8, 4) is 0 Å². The van der Waals surface area contributed by atoms with Gasteiger partial charge in [0.25, 0.3) is 0 Å². The second-order valence-electron chi connectivity index (χ2n) is 8.09. The molecule has 0 spiro atoms. The lowest BCUT2D eigenvalue weighted by atomic mass is 9.92. The van der Waals surface area contributed by atoms with Crippen LogP contribution in [-0.2, 0) is 22.8 Å². The molecule has 0 unspecified atom stereocenters. The topological polar surface area (TPSA) is 46.3 Å². The fourth-order valence-electron chi connectivity index (χ4n) is 3.35. The van der Waals surface area contributed by atoms with Crippen LogP contribution in [0.25, 0.3) is 0 Å². The minimum atomic E-state index is -4.46. The van der Waals surface area contributed by atoms with Gasteiger partial charge in [-0.15, -0.1) is 0 Å². The van der Waals surface area contributed by atoms with E-state index < -0.39 is 17.8 Å². The highest BCUT2D eigenvalue weighted by Gasteiger charge is 2.35. The molecule has 8 heteroatoms. The molecule has 1 fully saturated rings. The van der Waals surface area contributed by atoms with Crippen molar-refractivity contribution in [1.29, 1.82) is 0 Å². The molecule has 2 heterocycles. The number of carbonyl (C=O) groups is 1. The number of rotatable bonds is 4. The summed E-state index contributed by atoms with van der Waals surface area (Å²) in [5.74, 6) is 0.422. The Kier molecular flexibility index (Phi) is 5.49. The zero-order valence-electron chi connectivity index (χ0n) is 15.9. The maximum Gasteiger partial charge on any atom is 0.416 e. The molecule has 0 saturated carbocycles. The second-order valence-corrected chi connectivity index (χ2v) is 8.49. The van der Waals surface area contributed by atoms with Crippen LogP contribution in [0.5, 0.6) is 0 Å². The average molecular weight is 415 g/mol. The van der Waals surface area contributed by atoms with Gasteiger partial charge in [-0.1, -0.05) is 37.5 Å². The second kappa shape index (κ2) is 7.43. The molecule has 1 saturated heterocycles. The summed E-state index contributed by atoms with van der Waals surface area (Å²) < 4.78 is 43.9. The summed E-state index contributed by atoms with van der Waals surface area (Å²) in [6, 6.07) is 4.57. The molecule has 152 valence electrons. The van der Waals surface area contributed by atoms with Gasteiger partial charge in [0.15, 0.2) is 5.78 Å². The smallest absolute Gasteiger partial charge is 0.361 e. The summed E-state index contributed by atoms with van der Waals surface area (Å²) in [6.07, 6.45) is -2.99.